The van der Waals surface area contributed by atoms with E-state index in [9.17, 15) is 14.7 Å². The van der Waals surface area contributed by atoms with Gasteiger partial charge in [0.15, 0.2) is 11.0 Å². The highest BCUT2D eigenvalue weighted by atomic mass is 31.1. The third-order valence-electron chi connectivity index (χ3n) is 8.33. The summed E-state index contributed by atoms with van der Waals surface area (Å²) in [5.41, 5.74) is 0.218. The Balaban J connectivity index is 3.55. The molecule has 0 rings (SSSR count). The van der Waals surface area contributed by atoms with Crippen molar-refractivity contribution in [3.05, 3.63) is 24.3 Å². The third-order valence-corrected chi connectivity index (χ3v) is 10.0. The minimum Gasteiger partial charge on any atom is -0.394 e. The SMILES string of the molecule is CCCCCCCC/C=C\CCCCCCCC(=O)POCC(CO)OPC(=O)CCCCCCC/C=C\CCCCCCCC. The van der Waals surface area contributed by atoms with Gasteiger partial charge in [-0.2, -0.15) is 0 Å². The Hall–Kier alpha value is -0.440. The van der Waals surface area contributed by atoms with E-state index in [1.807, 2.05) is 0 Å². The fourth-order valence-corrected chi connectivity index (χ4v) is 6.73. The zero-order valence-corrected chi connectivity index (χ0v) is 32.2. The van der Waals surface area contributed by atoms with Crippen molar-refractivity contribution in [2.24, 2.45) is 0 Å². The quantitative estimate of drug-likeness (QED) is 0.0398. The lowest BCUT2D eigenvalue weighted by Gasteiger charge is -2.14. The van der Waals surface area contributed by atoms with Crippen molar-refractivity contribution in [1.29, 1.82) is 0 Å². The highest BCUT2D eigenvalue weighted by Crippen LogP contribution is 2.24. The van der Waals surface area contributed by atoms with Crippen LogP contribution in [0, 0.1) is 0 Å². The van der Waals surface area contributed by atoms with Crippen molar-refractivity contribution in [2.45, 2.75) is 200 Å². The minimum absolute atomic E-state index is 0.0961. The van der Waals surface area contributed by atoms with Crippen LogP contribution >= 0.6 is 17.6 Å². The Labute approximate surface area is 289 Å². The largest absolute Gasteiger partial charge is 0.394 e. The molecule has 0 aromatic rings. The summed E-state index contributed by atoms with van der Waals surface area (Å²) in [5, 5.41) is 9.57. The van der Waals surface area contributed by atoms with Gasteiger partial charge in [-0.1, -0.05) is 141 Å². The van der Waals surface area contributed by atoms with Gasteiger partial charge in [-0.25, -0.2) is 0 Å². The van der Waals surface area contributed by atoms with E-state index in [1.54, 1.807) is 0 Å². The van der Waals surface area contributed by atoms with Crippen LogP contribution in [-0.4, -0.2) is 35.5 Å². The van der Waals surface area contributed by atoms with Crippen LogP contribution in [-0.2, 0) is 18.6 Å². The number of hydrogen-bond donors (Lipinski definition) is 1. The van der Waals surface area contributed by atoms with Crippen LogP contribution in [0.25, 0.3) is 0 Å². The first-order valence-electron chi connectivity index (χ1n) is 19.4. The van der Waals surface area contributed by atoms with Gasteiger partial charge in [0.25, 0.3) is 0 Å². The smallest absolute Gasteiger partial charge is 0.178 e. The summed E-state index contributed by atoms with van der Waals surface area (Å²) in [6, 6.07) is 0. The number of rotatable bonds is 38. The van der Waals surface area contributed by atoms with Crippen molar-refractivity contribution in [3.8, 4) is 0 Å². The van der Waals surface area contributed by atoms with Gasteiger partial charge in [0.2, 0.25) is 0 Å². The van der Waals surface area contributed by atoms with E-state index in [0.717, 1.165) is 25.7 Å². The van der Waals surface area contributed by atoms with E-state index < -0.39 is 6.10 Å². The Morgan fingerprint density at radius 1 is 0.522 bits per heavy atom. The average Bonchev–Trinajstić information content (AvgIpc) is 3.06. The van der Waals surface area contributed by atoms with Gasteiger partial charge in [-0.05, 0) is 64.2 Å². The number of aliphatic hydroxyl groups excluding tert-OH is 1. The predicted molar refractivity (Wildman–Crippen MR) is 203 cm³/mol. The summed E-state index contributed by atoms with van der Waals surface area (Å²) in [6.07, 6.45) is 42.2. The van der Waals surface area contributed by atoms with Gasteiger partial charge in [0.1, 0.15) is 6.10 Å². The summed E-state index contributed by atoms with van der Waals surface area (Å²) in [6.45, 7) is 4.47. The Kier molecular flexibility index (Phi) is 38.6. The minimum atomic E-state index is -0.545. The zero-order chi connectivity index (χ0) is 33.6. The molecule has 0 bridgehead atoms. The summed E-state index contributed by atoms with van der Waals surface area (Å²) in [4.78, 5) is 24.4. The summed E-state index contributed by atoms with van der Waals surface area (Å²) >= 11 is 0. The Morgan fingerprint density at radius 2 is 0.870 bits per heavy atom. The molecule has 0 aromatic carbocycles. The van der Waals surface area contributed by atoms with Crippen molar-refractivity contribution >= 4 is 28.7 Å². The van der Waals surface area contributed by atoms with Crippen LogP contribution in [0.1, 0.15) is 194 Å². The Bertz CT molecular complexity index is 712. The average molecular weight is 685 g/mol. The molecule has 7 heteroatoms. The molecule has 0 aliphatic rings. The van der Waals surface area contributed by atoms with E-state index in [-0.39, 0.29) is 41.9 Å². The van der Waals surface area contributed by atoms with Gasteiger partial charge in [-0.15, -0.1) is 0 Å². The van der Waals surface area contributed by atoms with Gasteiger partial charge in [-0.3, -0.25) is 9.59 Å². The zero-order valence-electron chi connectivity index (χ0n) is 30.2. The van der Waals surface area contributed by atoms with E-state index >= 15 is 0 Å². The van der Waals surface area contributed by atoms with Crippen molar-refractivity contribution in [2.75, 3.05) is 13.2 Å². The molecule has 0 fully saturated rings. The van der Waals surface area contributed by atoms with Gasteiger partial charge in [0.05, 0.1) is 30.8 Å². The monoisotopic (exact) mass is 685 g/mol. The van der Waals surface area contributed by atoms with E-state index in [1.165, 1.54) is 141 Å². The first-order chi connectivity index (χ1) is 22.6. The fraction of sp³-hybridized carbons (Fsp3) is 0.846. The molecule has 46 heavy (non-hydrogen) atoms. The first kappa shape index (κ1) is 45.6. The van der Waals surface area contributed by atoms with Crippen LogP contribution in [0.15, 0.2) is 24.3 Å². The summed E-state index contributed by atoms with van der Waals surface area (Å²) in [7, 11) is -0.481. The molecular formula is C39H74O5P2. The lowest BCUT2D eigenvalue weighted by Crippen LogP contribution is -2.20. The molecule has 3 unspecified atom stereocenters. The molecule has 1 N–H and O–H groups in total. The molecule has 0 spiro atoms. The number of aliphatic hydroxyl groups is 1. The van der Waals surface area contributed by atoms with E-state index in [2.05, 4.69) is 38.2 Å². The molecule has 0 aromatic heterocycles. The molecule has 0 amide bonds. The second-order valence-electron chi connectivity index (χ2n) is 13.0. The third kappa shape index (κ3) is 36.4. The standard InChI is InChI=1S/C39H74O5P2/c1-3-5-7-9-11-13-15-17-19-21-23-25-27-29-31-33-38(41)45-43-36-37(35-40)44-46-39(42)34-32-30-28-26-24-22-20-18-16-14-12-10-8-6-4-2/h17-20,37,40,45-46H,3-16,21-36H2,1-2H3/b19-17-,20-18-. The predicted octanol–water partition coefficient (Wildman–Crippen LogP) is 12.7. The highest BCUT2D eigenvalue weighted by Gasteiger charge is 2.13. The van der Waals surface area contributed by atoms with Gasteiger partial charge < -0.3 is 14.2 Å². The second kappa shape index (κ2) is 39.0. The molecule has 5 nitrogen and oxygen atoms in total. The van der Waals surface area contributed by atoms with Gasteiger partial charge >= 0.3 is 0 Å². The molecule has 0 saturated carbocycles. The summed E-state index contributed by atoms with van der Waals surface area (Å²) < 4.78 is 11.1. The normalized spacial score (nSPS) is 13.0. The molecular weight excluding hydrogens is 610 g/mol. The molecule has 0 radical (unpaired) electrons. The maximum atomic E-state index is 12.2. The van der Waals surface area contributed by atoms with Crippen LogP contribution in [0.4, 0.5) is 0 Å². The molecule has 0 heterocycles. The highest BCUT2D eigenvalue weighted by molar-refractivity contribution is 7.53. The van der Waals surface area contributed by atoms with Crippen LogP contribution in [0.3, 0.4) is 0 Å². The number of unbranched alkanes of at least 4 members (excludes halogenated alkanes) is 22. The molecule has 0 aliphatic heterocycles. The fourth-order valence-electron chi connectivity index (χ4n) is 5.30. The Morgan fingerprint density at radius 3 is 1.26 bits per heavy atom. The molecule has 0 saturated heterocycles. The van der Waals surface area contributed by atoms with Crippen LogP contribution in [0.2, 0.25) is 0 Å². The maximum absolute atomic E-state index is 12.2. The van der Waals surface area contributed by atoms with Crippen molar-refractivity contribution in [3.63, 3.8) is 0 Å². The number of hydrogen-bond acceptors (Lipinski definition) is 5. The lowest BCUT2D eigenvalue weighted by atomic mass is 10.1. The van der Waals surface area contributed by atoms with Crippen LogP contribution in [0.5, 0.6) is 0 Å². The topological polar surface area (TPSA) is 72.8 Å². The van der Waals surface area contributed by atoms with Gasteiger partial charge in [0, 0.05) is 12.8 Å². The molecule has 3 atom stereocenters. The van der Waals surface area contributed by atoms with Crippen molar-refractivity contribution < 1.29 is 23.7 Å². The number of carbonyl (C=O) groups excluding carboxylic acids is 2. The van der Waals surface area contributed by atoms with Crippen molar-refractivity contribution in [1.82, 2.24) is 0 Å². The number of allylic oxidation sites excluding steroid dienone is 4. The van der Waals surface area contributed by atoms with Crippen LogP contribution < -0.4 is 0 Å². The summed E-state index contributed by atoms with van der Waals surface area (Å²) in [5.74, 6) is 0. The molecule has 0 aliphatic carbocycles. The van der Waals surface area contributed by atoms with E-state index in [0.29, 0.717) is 12.8 Å². The van der Waals surface area contributed by atoms with E-state index in [4.69, 9.17) is 9.05 Å². The number of carbonyl (C=O) groups is 2. The lowest BCUT2D eigenvalue weighted by molar-refractivity contribution is -0.113. The first-order valence-corrected chi connectivity index (χ1v) is 21.2. The maximum Gasteiger partial charge on any atom is 0.178 e. The molecule has 270 valence electrons. The second-order valence-corrected chi connectivity index (χ2v) is 15.0.